The fourth-order valence-electron chi connectivity index (χ4n) is 2.87. The first-order valence-electron chi connectivity index (χ1n) is 9.42. The highest BCUT2D eigenvalue weighted by Crippen LogP contribution is 2.07. The molecule has 1 aromatic heterocycles. The van der Waals surface area contributed by atoms with Crippen molar-refractivity contribution in [3.8, 4) is 0 Å². The molecule has 1 heterocycles. The third kappa shape index (κ3) is 5.97. The molecule has 2 aromatic carbocycles. The smallest absolute Gasteiger partial charge is 0.252 e. The Morgan fingerprint density at radius 2 is 1.38 bits per heavy atom. The molecule has 5 nitrogen and oxygen atoms in total. The zero-order valence-electron chi connectivity index (χ0n) is 15.9. The summed E-state index contributed by atoms with van der Waals surface area (Å²) in [5, 5.41) is 5.56. The van der Waals surface area contributed by atoms with E-state index in [0.717, 1.165) is 12.0 Å². The number of nitrogens with zero attached hydrogens (tertiary/aromatic N) is 1. The number of benzene rings is 2. The minimum Gasteiger partial charge on any atom is -0.352 e. The summed E-state index contributed by atoms with van der Waals surface area (Å²) in [6.07, 6.45) is 3.93. The number of carbonyl (C=O) groups is 2. The van der Waals surface area contributed by atoms with Gasteiger partial charge in [-0.3, -0.25) is 14.6 Å². The number of carbonyl (C=O) groups excluding carboxylic acids is 2. The van der Waals surface area contributed by atoms with Gasteiger partial charge >= 0.3 is 0 Å². The van der Waals surface area contributed by atoms with Crippen molar-refractivity contribution in [1.29, 1.82) is 0 Å². The van der Waals surface area contributed by atoms with Crippen molar-refractivity contribution in [1.82, 2.24) is 15.6 Å². The highest BCUT2D eigenvalue weighted by molar-refractivity contribution is 5.99. The first-order valence-corrected chi connectivity index (χ1v) is 9.42. The molecule has 3 aromatic rings. The minimum atomic E-state index is -0.354. The van der Waals surface area contributed by atoms with Crippen LogP contribution in [0.3, 0.4) is 0 Å². The second-order valence-corrected chi connectivity index (χ2v) is 6.55. The molecule has 0 radical (unpaired) electrons. The molecule has 0 aliphatic rings. The van der Waals surface area contributed by atoms with E-state index in [1.165, 1.54) is 24.5 Å². The van der Waals surface area contributed by atoms with E-state index >= 15 is 0 Å². The van der Waals surface area contributed by atoms with Gasteiger partial charge in [-0.25, -0.2) is 4.39 Å². The van der Waals surface area contributed by atoms with Crippen molar-refractivity contribution < 1.29 is 14.0 Å². The topological polar surface area (TPSA) is 71.1 Å². The number of nitrogens with one attached hydrogen (secondary N) is 2. The maximum atomic E-state index is 13.6. The molecule has 0 aliphatic heterocycles. The maximum Gasteiger partial charge on any atom is 0.252 e. The lowest BCUT2D eigenvalue weighted by Crippen LogP contribution is -2.28. The van der Waals surface area contributed by atoms with E-state index in [1.807, 2.05) is 30.3 Å². The summed E-state index contributed by atoms with van der Waals surface area (Å²) in [5.74, 6) is -0.931. The van der Waals surface area contributed by atoms with Crippen LogP contribution in [0.1, 0.15) is 31.8 Å². The van der Waals surface area contributed by atoms with E-state index in [2.05, 4.69) is 15.6 Å². The molecule has 29 heavy (non-hydrogen) atoms. The predicted octanol–water partition coefficient (Wildman–Crippen LogP) is 3.17. The van der Waals surface area contributed by atoms with Gasteiger partial charge in [-0.2, -0.15) is 0 Å². The molecule has 0 atom stereocenters. The zero-order valence-corrected chi connectivity index (χ0v) is 15.9. The average Bonchev–Trinajstić information content (AvgIpc) is 2.76. The SMILES string of the molecule is O=C(NCCc1ccccc1)c1cncc(C(=O)NCCc2ccccc2F)c1. The Labute approximate surface area is 169 Å². The number of hydrogen-bond donors (Lipinski definition) is 2. The molecular weight excluding hydrogens is 369 g/mol. The molecule has 0 saturated heterocycles. The lowest BCUT2D eigenvalue weighted by atomic mass is 10.1. The molecule has 0 aliphatic carbocycles. The number of pyridine rings is 1. The molecule has 0 saturated carbocycles. The normalized spacial score (nSPS) is 10.4. The molecule has 0 fully saturated rings. The Bertz CT molecular complexity index is 977. The number of amides is 2. The van der Waals surface area contributed by atoms with Crippen molar-refractivity contribution in [3.05, 3.63) is 101 Å². The predicted molar refractivity (Wildman–Crippen MR) is 109 cm³/mol. The Hall–Kier alpha value is -3.54. The maximum absolute atomic E-state index is 13.6. The molecule has 0 spiro atoms. The summed E-state index contributed by atoms with van der Waals surface area (Å²) in [5.41, 5.74) is 2.28. The Morgan fingerprint density at radius 1 is 0.793 bits per heavy atom. The molecule has 2 N–H and O–H groups in total. The lowest BCUT2D eigenvalue weighted by Gasteiger charge is -2.08. The van der Waals surface area contributed by atoms with E-state index < -0.39 is 0 Å². The summed E-state index contributed by atoms with van der Waals surface area (Å²) >= 11 is 0. The first-order chi connectivity index (χ1) is 14.1. The Kier molecular flexibility index (Phi) is 7.05. The van der Waals surface area contributed by atoms with E-state index in [9.17, 15) is 14.0 Å². The van der Waals surface area contributed by atoms with Crippen molar-refractivity contribution in [3.63, 3.8) is 0 Å². The zero-order chi connectivity index (χ0) is 20.5. The monoisotopic (exact) mass is 391 g/mol. The average molecular weight is 391 g/mol. The van der Waals surface area contributed by atoms with E-state index in [1.54, 1.807) is 18.2 Å². The summed E-state index contributed by atoms with van der Waals surface area (Å²) in [4.78, 5) is 28.6. The first kappa shape index (κ1) is 20.2. The highest BCUT2D eigenvalue weighted by atomic mass is 19.1. The largest absolute Gasteiger partial charge is 0.352 e. The fourth-order valence-corrected chi connectivity index (χ4v) is 2.87. The number of rotatable bonds is 8. The van der Waals surface area contributed by atoms with Gasteiger partial charge in [-0.05, 0) is 36.1 Å². The van der Waals surface area contributed by atoms with Gasteiger partial charge in [-0.1, -0.05) is 48.5 Å². The third-order valence-corrected chi connectivity index (χ3v) is 4.44. The van der Waals surface area contributed by atoms with Gasteiger partial charge in [0.05, 0.1) is 11.1 Å². The highest BCUT2D eigenvalue weighted by Gasteiger charge is 2.11. The van der Waals surface area contributed by atoms with Crippen LogP contribution in [0.5, 0.6) is 0 Å². The van der Waals surface area contributed by atoms with Crippen LogP contribution in [0.2, 0.25) is 0 Å². The van der Waals surface area contributed by atoms with Gasteiger partial charge in [-0.15, -0.1) is 0 Å². The van der Waals surface area contributed by atoms with Gasteiger partial charge in [0.15, 0.2) is 0 Å². The lowest BCUT2D eigenvalue weighted by molar-refractivity contribution is 0.0953. The van der Waals surface area contributed by atoms with E-state index in [-0.39, 0.29) is 29.7 Å². The fraction of sp³-hybridized carbons (Fsp3) is 0.174. The summed E-state index contributed by atoms with van der Waals surface area (Å²) < 4.78 is 13.6. The quantitative estimate of drug-likeness (QED) is 0.620. The summed E-state index contributed by atoms with van der Waals surface area (Å²) in [7, 11) is 0. The third-order valence-electron chi connectivity index (χ3n) is 4.44. The Balaban J connectivity index is 1.50. The molecule has 2 amide bonds. The summed E-state index contributed by atoms with van der Waals surface area (Å²) in [6.45, 7) is 0.773. The number of hydrogen-bond acceptors (Lipinski definition) is 3. The van der Waals surface area contributed by atoms with Crippen molar-refractivity contribution in [2.75, 3.05) is 13.1 Å². The molecule has 0 bridgehead atoms. The van der Waals surface area contributed by atoms with Crippen LogP contribution in [-0.2, 0) is 12.8 Å². The van der Waals surface area contributed by atoms with Crippen LogP contribution < -0.4 is 10.6 Å². The van der Waals surface area contributed by atoms with Crippen molar-refractivity contribution >= 4 is 11.8 Å². The van der Waals surface area contributed by atoms with Crippen molar-refractivity contribution in [2.24, 2.45) is 0 Å². The van der Waals surface area contributed by atoms with Gasteiger partial charge in [0, 0.05) is 25.5 Å². The van der Waals surface area contributed by atoms with Crippen LogP contribution in [0.25, 0.3) is 0 Å². The number of aromatic nitrogens is 1. The van der Waals surface area contributed by atoms with Crippen molar-refractivity contribution in [2.45, 2.75) is 12.8 Å². The van der Waals surface area contributed by atoms with Crippen LogP contribution in [0, 0.1) is 5.82 Å². The molecule has 0 unspecified atom stereocenters. The molecular formula is C23H22FN3O2. The van der Waals surface area contributed by atoms with Crippen LogP contribution in [-0.4, -0.2) is 29.9 Å². The van der Waals surface area contributed by atoms with E-state index in [0.29, 0.717) is 24.1 Å². The standard InChI is InChI=1S/C23H22FN3O2/c24-21-9-5-4-8-18(21)11-13-27-23(29)20-14-19(15-25-16-20)22(28)26-12-10-17-6-2-1-3-7-17/h1-9,14-16H,10-13H2,(H,26,28)(H,27,29). The van der Waals surface area contributed by atoms with Gasteiger partial charge in [0.2, 0.25) is 0 Å². The molecule has 148 valence electrons. The second kappa shape index (κ2) is 10.1. The van der Waals surface area contributed by atoms with Crippen LogP contribution >= 0.6 is 0 Å². The Morgan fingerprint density at radius 3 is 2.03 bits per heavy atom. The minimum absolute atomic E-state index is 0.283. The van der Waals surface area contributed by atoms with Crippen LogP contribution in [0.4, 0.5) is 4.39 Å². The van der Waals surface area contributed by atoms with Crippen LogP contribution in [0.15, 0.2) is 73.1 Å². The van der Waals surface area contributed by atoms with E-state index in [4.69, 9.17) is 0 Å². The second-order valence-electron chi connectivity index (χ2n) is 6.55. The van der Waals surface area contributed by atoms with Gasteiger partial charge in [0.25, 0.3) is 11.8 Å². The van der Waals surface area contributed by atoms with Gasteiger partial charge < -0.3 is 10.6 Å². The van der Waals surface area contributed by atoms with Gasteiger partial charge in [0.1, 0.15) is 5.82 Å². The molecule has 6 heteroatoms. The molecule has 3 rings (SSSR count). The number of halogens is 1. The summed E-state index contributed by atoms with van der Waals surface area (Å²) in [6, 6.07) is 17.8.